The number of nitrogens with two attached hydrogens (primary N) is 3. The summed E-state index contributed by atoms with van der Waals surface area (Å²) in [6.45, 7) is 2.36. The van der Waals surface area contributed by atoms with Gasteiger partial charge in [0.1, 0.15) is 18.1 Å². The summed E-state index contributed by atoms with van der Waals surface area (Å²) in [5.41, 5.74) is 15.6. The summed E-state index contributed by atoms with van der Waals surface area (Å²) >= 11 is 0. The van der Waals surface area contributed by atoms with Crippen molar-refractivity contribution in [1.82, 2.24) is 5.32 Å². The van der Waals surface area contributed by atoms with Crippen molar-refractivity contribution in [2.75, 3.05) is 18.1 Å². The highest BCUT2D eigenvalue weighted by Crippen LogP contribution is 2.22. The van der Waals surface area contributed by atoms with Crippen LogP contribution in [0.5, 0.6) is 0 Å². The number of hydrogen-bond donors (Lipinski definition) is 7. The van der Waals surface area contributed by atoms with Crippen LogP contribution in [-0.2, 0) is 19.2 Å². The average Bonchev–Trinajstić information content (AvgIpc) is 2.56. The van der Waals surface area contributed by atoms with Gasteiger partial charge in [-0.1, -0.05) is 21.6 Å². The van der Waals surface area contributed by atoms with Crippen LogP contribution in [-0.4, -0.2) is 75.3 Å². The first kappa shape index (κ1) is 26.7. The number of rotatable bonds is 12. The summed E-state index contributed by atoms with van der Waals surface area (Å²) < 4.78 is 0. The first-order valence-electron chi connectivity index (χ1n) is 7.49. The zero-order valence-corrected chi connectivity index (χ0v) is 15.9. The van der Waals surface area contributed by atoms with E-state index in [9.17, 15) is 19.2 Å². The minimum absolute atomic E-state index is 0.158. The Balaban J connectivity index is 0. The zero-order valence-electron chi connectivity index (χ0n) is 14.3. The van der Waals surface area contributed by atoms with E-state index in [-0.39, 0.29) is 30.3 Å². The minimum Gasteiger partial charge on any atom is -0.480 e. The highest BCUT2D eigenvalue weighted by Gasteiger charge is 2.14. The third kappa shape index (κ3) is 16.0. The molecule has 0 aliphatic carbocycles. The molecule has 13 heteroatoms. The maximum Gasteiger partial charge on any atom is 0.321 e. The lowest BCUT2D eigenvalue weighted by Gasteiger charge is -2.07. The van der Waals surface area contributed by atoms with Crippen LogP contribution in [0.3, 0.4) is 0 Å². The van der Waals surface area contributed by atoms with Crippen molar-refractivity contribution in [3.63, 3.8) is 0 Å². The Morgan fingerprint density at radius 2 is 1.23 bits per heavy atom. The number of aliphatic carboxylic acids is 3. The Kier molecular flexibility index (Phi) is 16.1. The Labute approximate surface area is 158 Å². The average molecular weight is 415 g/mol. The number of amides is 1. The smallest absolute Gasteiger partial charge is 0.321 e. The van der Waals surface area contributed by atoms with Crippen LogP contribution < -0.4 is 22.5 Å². The standard InChI is InChI=1S/C7H14N2O3.C6H12N2O4S2/c1-2-9-6(10)4-3-5(8)7(11)12;7-3(5(9)10)1-13-14-2-4(8)6(11)12/h5H,2-4,8H2,1H3,(H,9,10)(H,11,12);3-4H,1-2,7-8H2,(H,9,10)(H,11,12)/t5-;3-,4?/m00/s1. The van der Waals surface area contributed by atoms with E-state index in [0.29, 0.717) is 6.54 Å². The van der Waals surface area contributed by atoms with Crippen LogP contribution in [0.2, 0.25) is 0 Å². The lowest BCUT2D eigenvalue weighted by atomic mass is 10.1. The van der Waals surface area contributed by atoms with E-state index in [0.717, 1.165) is 0 Å². The topological polar surface area (TPSA) is 219 Å². The van der Waals surface area contributed by atoms with Crippen LogP contribution >= 0.6 is 21.6 Å². The molecule has 0 spiro atoms. The van der Waals surface area contributed by atoms with Gasteiger partial charge in [0.05, 0.1) is 0 Å². The first-order valence-corrected chi connectivity index (χ1v) is 9.97. The van der Waals surface area contributed by atoms with Gasteiger partial charge in [-0.05, 0) is 13.3 Å². The molecule has 0 radical (unpaired) electrons. The highest BCUT2D eigenvalue weighted by atomic mass is 33.1. The van der Waals surface area contributed by atoms with Crippen LogP contribution in [0.1, 0.15) is 19.8 Å². The predicted molar refractivity (Wildman–Crippen MR) is 99.7 cm³/mol. The molecule has 0 aromatic carbocycles. The van der Waals surface area contributed by atoms with Crippen molar-refractivity contribution in [2.24, 2.45) is 17.2 Å². The zero-order chi connectivity index (χ0) is 20.7. The molecule has 0 saturated carbocycles. The number of nitrogens with one attached hydrogen (secondary N) is 1. The van der Waals surface area contributed by atoms with Gasteiger partial charge in [-0.15, -0.1) is 0 Å². The number of hydrogen-bond acceptors (Lipinski definition) is 9. The molecule has 0 saturated heterocycles. The molecule has 0 aliphatic heterocycles. The van der Waals surface area contributed by atoms with Gasteiger partial charge >= 0.3 is 17.9 Å². The van der Waals surface area contributed by atoms with Gasteiger partial charge in [0.15, 0.2) is 0 Å². The lowest BCUT2D eigenvalue weighted by molar-refractivity contribution is -0.139. The van der Waals surface area contributed by atoms with Gasteiger partial charge in [0.25, 0.3) is 0 Å². The maximum absolute atomic E-state index is 10.8. The van der Waals surface area contributed by atoms with E-state index in [4.69, 9.17) is 32.5 Å². The monoisotopic (exact) mass is 414 g/mol. The molecule has 3 atom stereocenters. The van der Waals surface area contributed by atoms with Crippen molar-refractivity contribution >= 4 is 45.4 Å². The maximum atomic E-state index is 10.8. The van der Waals surface area contributed by atoms with Crippen LogP contribution in [0, 0.1) is 0 Å². The minimum atomic E-state index is -1.07. The summed E-state index contributed by atoms with van der Waals surface area (Å²) in [5.74, 6) is -2.91. The largest absolute Gasteiger partial charge is 0.480 e. The number of carbonyl (C=O) groups excluding carboxylic acids is 1. The molecule has 0 aliphatic rings. The second-order valence-electron chi connectivity index (χ2n) is 4.90. The first-order chi connectivity index (χ1) is 12.0. The van der Waals surface area contributed by atoms with E-state index >= 15 is 0 Å². The van der Waals surface area contributed by atoms with Crippen molar-refractivity contribution < 1.29 is 34.5 Å². The molecule has 152 valence electrons. The molecule has 0 fully saturated rings. The third-order valence-corrected chi connectivity index (χ3v) is 5.06. The molecular formula is C13H26N4O7S2. The fourth-order valence-corrected chi connectivity index (χ4v) is 3.31. The van der Waals surface area contributed by atoms with E-state index in [1.165, 1.54) is 21.6 Å². The molecule has 0 rings (SSSR count). The molecule has 1 unspecified atom stereocenters. The molecule has 26 heavy (non-hydrogen) atoms. The Hall–Kier alpha value is -1.54. The third-order valence-electron chi connectivity index (χ3n) is 2.59. The quantitative estimate of drug-likeness (QED) is 0.143. The van der Waals surface area contributed by atoms with E-state index < -0.39 is 36.0 Å². The molecule has 0 bridgehead atoms. The van der Waals surface area contributed by atoms with Crippen molar-refractivity contribution in [1.29, 1.82) is 0 Å². The highest BCUT2D eigenvalue weighted by molar-refractivity contribution is 8.76. The van der Waals surface area contributed by atoms with Crippen molar-refractivity contribution in [2.45, 2.75) is 37.9 Å². The van der Waals surface area contributed by atoms with Gasteiger partial charge in [0, 0.05) is 24.5 Å². The fraction of sp³-hybridized carbons (Fsp3) is 0.692. The van der Waals surface area contributed by atoms with E-state index in [1.807, 2.05) is 0 Å². The number of carboxylic acids is 3. The molecule has 10 N–H and O–H groups in total. The van der Waals surface area contributed by atoms with Crippen molar-refractivity contribution in [3.05, 3.63) is 0 Å². The van der Waals surface area contributed by atoms with Gasteiger partial charge in [0.2, 0.25) is 5.91 Å². The lowest BCUT2D eigenvalue weighted by Crippen LogP contribution is -2.33. The van der Waals surface area contributed by atoms with Crippen LogP contribution in [0.25, 0.3) is 0 Å². The van der Waals surface area contributed by atoms with E-state index in [2.05, 4.69) is 5.32 Å². The van der Waals surface area contributed by atoms with Gasteiger partial charge < -0.3 is 37.8 Å². The molecule has 11 nitrogen and oxygen atoms in total. The van der Waals surface area contributed by atoms with Gasteiger partial charge in [-0.2, -0.15) is 0 Å². The number of carbonyl (C=O) groups is 4. The summed E-state index contributed by atoms with van der Waals surface area (Å²) in [5, 5.41) is 27.7. The van der Waals surface area contributed by atoms with Crippen LogP contribution in [0.15, 0.2) is 0 Å². The molecule has 0 aromatic rings. The SMILES string of the molecule is CCNC(=O)CC[C@H](N)C(=O)O.NC(CSSC[C@H](N)C(=O)O)C(=O)O. The summed E-state index contributed by atoms with van der Waals surface area (Å²) in [6.07, 6.45) is 0.350. The summed E-state index contributed by atoms with van der Waals surface area (Å²) in [6, 6.07) is -2.78. The second kappa shape index (κ2) is 15.7. The summed E-state index contributed by atoms with van der Waals surface area (Å²) in [4.78, 5) is 41.6. The molecule has 0 heterocycles. The Morgan fingerprint density at radius 3 is 1.54 bits per heavy atom. The van der Waals surface area contributed by atoms with E-state index in [1.54, 1.807) is 6.92 Å². The number of carboxylic acid groups (broad SMARTS) is 3. The molecular weight excluding hydrogens is 388 g/mol. The predicted octanol–water partition coefficient (Wildman–Crippen LogP) is -1.49. The van der Waals surface area contributed by atoms with Gasteiger partial charge in [-0.25, -0.2) is 0 Å². The molecule has 1 amide bonds. The normalized spacial score (nSPS) is 13.5. The Bertz CT molecular complexity index is 446. The molecule has 0 aromatic heterocycles. The second-order valence-corrected chi connectivity index (χ2v) is 7.45. The van der Waals surface area contributed by atoms with Gasteiger partial charge in [-0.3, -0.25) is 19.2 Å². The Morgan fingerprint density at radius 1 is 0.846 bits per heavy atom. The van der Waals surface area contributed by atoms with Crippen LogP contribution in [0.4, 0.5) is 0 Å². The summed E-state index contributed by atoms with van der Waals surface area (Å²) in [7, 11) is 2.41. The van der Waals surface area contributed by atoms with Crippen molar-refractivity contribution in [3.8, 4) is 0 Å². The fourth-order valence-electron chi connectivity index (χ4n) is 1.08.